The number of methoxy groups -OCH3 is 1. The van der Waals surface area contributed by atoms with Crippen molar-refractivity contribution in [3.05, 3.63) is 42.3 Å². The number of benzene rings is 1. The molecule has 1 aromatic heterocycles. The van der Waals surface area contributed by atoms with E-state index in [0.717, 1.165) is 11.4 Å². The van der Waals surface area contributed by atoms with Gasteiger partial charge in [-0.15, -0.1) is 0 Å². The van der Waals surface area contributed by atoms with Crippen molar-refractivity contribution in [1.82, 2.24) is 10.5 Å². The summed E-state index contributed by atoms with van der Waals surface area (Å²) in [4.78, 5) is 11.6. The van der Waals surface area contributed by atoms with Crippen LogP contribution in [0.25, 0.3) is 0 Å². The highest BCUT2D eigenvalue weighted by molar-refractivity contribution is 5.92. The molecule has 2 aromatic rings. The Labute approximate surface area is 110 Å². The molecule has 6 nitrogen and oxygen atoms in total. The summed E-state index contributed by atoms with van der Waals surface area (Å²) in [5.74, 6) is 1.32. The number of nitrogens with zero attached hydrogens (tertiary/aromatic N) is 1. The monoisotopic (exact) mass is 261 g/mol. The summed E-state index contributed by atoms with van der Waals surface area (Å²) in [5.41, 5.74) is 0.729. The van der Waals surface area contributed by atoms with E-state index in [1.54, 1.807) is 43.6 Å². The third-order valence-electron chi connectivity index (χ3n) is 2.45. The van der Waals surface area contributed by atoms with Crippen molar-refractivity contribution in [2.24, 2.45) is 0 Å². The van der Waals surface area contributed by atoms with Crippen molar-refractivity contribution in [3.8, 4) is 5.75 Å². The maximum Gasteiger partial charge on any atom is 0.238 e. The molecule has 0 saturated carbocycles. The number of carbonyl (C=O) groups excluding carboxylic acids is 1. The van der Waals surface area contributed by atoms with Crippen LogP contribution >= 0.6 is 0 Å². The Morgan fingerprint density at radius 1 is 1.32 bits per heavy atom. The number of rotatable bonds is 6. The molecule has 0 radical (unpaired) electrons. The van der Waals surface area contributed by atoms with E-state index in [9.17, 15) is 4.79 Å². The van der Waals surface area contributed by atoms with Gasteiger partial charge >= 0.3 is 0 Å². The zero-order valence-corrected chi connectivity index (χ0v) is 10.6. The molecule has 19 heavy (non-hydrogen) atoms. The maximum atomic E-state index is 11.6. The molecule has 0 aliphatic carbocycles. The second-order valence-corrected chi connectivity index (χ2v) is 3.86. The van der Waals surface area contributed by atoms with Crippen LogP contribution in [0.15, 0.2) is 41.1 Å². The fourth-order valence-corrected chi connectivity index (χ4v) is 1.51. The van der Waals surface area contributed by atoms with Gasteiger partial charge in [-0.1, -0.05) is 5.16 Å². The van der Waals surface area contributed by atoms with Gasteiger partial charge < -0.3 is 19.9 Å². The molecule has 0 aliphatic heterocycles. The normalized spacial score (nSPS) is 10.2. The van der Waals surface area contributed by atoms with Crippen molar-refractivity contribution >= 4 is 11.6 Å². The van der Waals surface area contributed by atoms with Crippen molar-refractivity contribution in [2.45, 2.75) is 6.54 Å². The van der Waals surface area contributed by atoms with E-state index in [4.69, 9.17) is 9.26 Å². The summed E-state index contributed by atoms with van der Waals surface area (Å²) in [6.07, 6.45) is 1.56. The fraction of sp³-hybridized carbons (Fsp3) is 0.231. The molecule has 1 heterocycles. The van der Waals surface area contributed by atoms with Gasteiger partial charge in [-0.05, 0) is 24.3 Å². The SMILES string of the molecule is COc1ccc(NC(=O)CNCc2ccno2)cc1. The Morgan fingerprint density at radius 3 is 2.74 bits per heavy atom. The van der Waals surface area contributed by atoms with Crippen LogP contribution in [0.1, 0.15) is 5.76 Å². The van der Waals surface area contributed by atoms with Crippen LogP contribution in [-0.4, -0.2) is 24.7 Å². The first kappa shape index (κ1) is 13.1. The fourth-order valence-electron chi connectivity index (χ4n) is 1.51. The summed E-state index contributed by atoms with van der Waals surface area (Å²) in [6.45, 7) is 0.669. The molecule has 1 aromatic carbocycles. The Bertz CT molecular complexity index is 508. The van der Waals surface area contributed by atoms with Crippen LogP contribution in [0.4, 0.5) is 5.69 Å². The number of ether oxygens (including phenoxy) is 1. The first-order valence-electron chi connectivity index (χ1n) is 5.82. The molecule has 0 saturated heterocycles. The first-order chi connectivity index (χ1) is 9.28. The van der Waals surface area contributed by atoms with Crippen LogP contribution in [0.5, 0.6) is 5.75 Å². The number of amides is 1. The molecule has 6 heteroatoms. The predicted molar refractivity (Wildman–Crippen MR) is 69.8 cm³/mol. The van der Waals surface area contributed by atoms with Crippen LogP contribution < -0.4 is 15.4 Å². The summed E-state index contributed by atoms with van der Waals surface area (Å²) in [6, 6.07) is 8.89. The predicted octanol–water partition coefficient (Wildman–Crippen LogP) is 1.41. The van der Waals surface area contributed by atoms with E-state index in [2.05, 4.69) is 15.8 Å². The van der Waals surface area contributed by atoms with E-state index in [1.165, 1.54) is 0 Å². The van der Waals surface area contributed by atoms with Crippen molar-refractivity contribution < 1.29 is 14.1 Å². The average Bonchev–Trinajstić information content (AvgIpc) is 2.93. The smallest absolute Gasteiger partial charge is 0.238 e. The van der Waals surface area contributed by atoms with E-state index in [-0.39, 0.29) is 12.5 Å². The summed E-state index contributed by atoms with van der Waals surface area (Å²) < 4.78 is 9.94. The quantitative estimate of drug-likeness (QED) is 0.822. The van der Waals surface area contributed by atoms with Gasteiger partial charge in [0.1, 0.15) is 11.5 Å². The third-order valence-corrected chi connectivity index (χ3v) is 2.45. The molecular weight excluding hydrogens is 246 g/mol. The Hall–Kier alpha value is -2.34. The Morgan fingerprint density at radius 2 is 2.11 bits per heavy atom. The van der Waals surface area contributed by atoms with Gasteiger partial charge in [0.25, 0.3) is 0 Å². The molecule has 0 bridgehead atoms. The van der Waals surface area contributed by atoms with Gasteiger partial charge in [-0.25, -0.2) is 0 Å². The van der Waals surface area contributed by atoms with Gasteiger partial charge in [0.05, 0.1) is 26.4 Å². The van der Waals surface area contributed by atoms with Gasteiger partial charge in [0.15, 0.2) is 0 Å². The molecule has 0 spiro atoms. The number of anilines is 1. The highest BCUT2D eigenvalue weighted by Gasteiger charge is 2.03. The minimum absolute atomic E-state index is 0.121. The number of nitrogens with one attached hydrogen (secondary N) is 2. The third kappa shape index (κ3) is 4.11. The molecule has 0 fully saturated rings. The standard InChI is InChI=1S/C13H15N3O3/c1-18-11-4-2-10(3-5-11)16-13(17)9-14-8-12-6-7-15-19-12/h2-7,14H,8-9H2,1H3,(H,16,17). The molecule has 2 rings (SSSR count). The summed E-state index contributed by atoms with van der Waals surface area (Å²) in [5, 5.41) is 9.31. The van der Waals surface area contributed by atoms with Crippen molar-refractivity contribution in [1.29, 1.82) is 0 Å². The van der Waals surface area contributed by atoms with Crippen LogP contribution in [0.2, 0.25) is 0 Å². The molecule has 100 valence electrons. The zero-order valence-electron chi connectivity index (χ0n) is 10.6. The number of hydrogen-bond acceptors (Lipinski definition) is 5. The van der Waals surface area contributed by atoms with Crippen LogP contribution in [-0.2, 0) is 11.3 Å². The van der Waals surface area contributed by atoms with Gasteiger partial charge in [-0.2, -0.15) is 0 Å². The average molecular weight is 261 g/mol. The van der Waals surface area contributed by atoms with E-state index in [0.29, 0.717) is 12.3 Å². The second kappa shape index (κ2) is 6.55. The zero-order chi connectivity index (χ0) is 13.5. The summed E-state index contributed by atoms with van der Waals surface area (Å²) >= 11 is 0. The summed E-state index contributed by atoms with van der Waals surface area (Å²) in [7, 11) is 1.60. The lowest BCUT2D eigenvalue weighted by molar-refractivity contribution is -0.115. The minimum Gasteiger partial charge on any atom is -0.497 e. The van der Waals surface area contributed by atoms with Crippen LogP contribution in [0, 0.1) is 0 Å². The molecular formula is C13H15N3O3. The molecule has 0 unspecified atom stereocenters. The van der Waals surface area contributed by atoms with Crippen molar-refractivity contribution in [2.75, 3.05) is 19.0 Å². The molecule has 0 atom stereocenters. The lowest BCUT2D eigenvalue weighted by Gasteiger charge is -2.06. The number of aromatic nitrogens is 1. The maximum absolute atomic E-state index is 11.6. The minimum atomic E-state index is -0.121. The van der Waals surface area contributed by atoms with E-state index < -0.39 is 0 Å². The Kier molecular flexibility index (Phi) is 4.52. The van der Waals surface area contributed by atoms with Gasteiger partial charge in [0, 0.05) is 11.8 Å². The number of carbonyl (C=O) groups is 1. The molecule has 2 N–H and O–H groups in total. The first-order valence-corrected chi connectivity index (χ1v) is 5.82. The largest absolute Gasteiger partial charge is 0.497 e. The van der Waals surface area contributed by atoms with E-state index >= 15 is 0 Å². The second-order valence-electron chi connectivity index (χ2n) is 3.86. The van der Waals surface area contributed by atoms with Gasteiger partial charge in [0.2, 0.25) is 5.91 Å². The Balaban J connectivity index is 1.74. The van der Waals surface area contributed by atoms with Crippen molar-refractivity contribution in [3.63, 3.8) is 0 Å². The molecule has 1 amide bonds. The lowest BCUT2D eigenvalue weighted by atomic mass is 10.3. The molecule has 0 aliphatic rings. The van der Waals surface area contributed by atoms with Gasteiger partial charge in [-0.3, -0.25) is 4.79 Å². The number of hydrogen-bond donors (Lipinski definition) is 2. The lowest BCUT2D eigenvalue weighted by Crippen LogP contribution is -2.27. The van der Waals surface area contributed by atoms with E-state index in [1.807, 2.05) is 0 Å². The highest BCUT2D eigenvalue weighted by Crippen LogP contribution is 2.14. The van der Waals surface area contributed by atoms with Crippen LogP contribution in [0.3, 0.4) is 0 Å². The topological polar surface area (TPSA) is 76.4 Å². The highest BCUT2D eigenvalue weighted by atomic mass is 16.5.